The smallest absolute Gasteiger partial charge is 0.475 e. The van der Waals surface area contributed by atoms with E-state index in [-0.39, 0.29) is 16.6 Å². The highest BCUT2D eigenvalue weighted by atomic mass is 35.5. The summed E-state index contributed by atoms with van der Waals surface area (Å²) in [5, 5.41) is 8.07. The minimum atomic E-state index is -5.08. The fourth-order valence-corrected chi connectivity index (χ4v) is 6.87. The van der Waals surface area contributed by atoms with Crippen molar-refractivity contribution in [2.75, 3.05) is 17.9 Å². The third kappa shape index (κ3) is 7.67. The second-order valence-corrected chi connectivity index (χ2v) is 12.3. The predicted molar refractivity (Wildman–Crippen MR) is 152 cm³/mol. The van der Waals surface area contributed by atoms with Crippen molar-refractivity contribution in [3.05, 3.63) is 76.2 Å². The van der Waals surface area contributed by atoms with Gasteiger partial charge < -0.3 is 9.84 Å². The number of halogens is 6. The number of benzene rings is 2. The van der Waals surface area contributed by atoms with Crippen molar-refractivity contribution in [2.24, 2.45) is 0 Å². The molecule has 17 heteroatoms. The second kappa shape index (κ2) is 13.5. The third-order valence-corrected chi connectivity index (χ3v) is 9.21. The zero-order chi connectivity index (χ0) is 32.2. The van der Waals surface area contributed by atoms with Crippen LogP contribution in [0.4, 0.5) is 27.6 Å². The molecule has 2 N–H and O–H groups in total. The zero-order valence-corrected chi connectivity index (χ0v) is 24.9. The van der Waals surface area contributed by atoms with Gasteiger partial charge in [0.15, 0.2) is 4.90 Å². The Bertz CT molecular complexity index is 1760. The molecule has 5 rings (SSSR count). The van der Waals surface area contributed by atoms with E-state index in [2.05, 4.69) is 14.7 Å². The maximum Gasteiger partial charge on any atom is 0.490 e. The van der Waals surface area contributed by atoms with Gasteiger partial charge in [0.1, 0.15) is 17.5 Å². The van der Waals surface area contributed by atoms with Crippen LogP contribution in [0.3, 0.4) is 0 Å². The molecule has 0 radical (unpaired) electrons. The van der Waals surface area contributed by atoms with Crippen molar-refractivity contribution in [2.45, 2.75) is 36.8 Å². The van der Waals surface area contributed by atoms with Gasteiger partial charge in [0.25, 0.3) is 10.0 Å². The summed E-state index contributed by atoms with van der Waals surface area (Å²) in [6, 6.07) is 9.34. The molecule has 4 aromatic rings. The van der Waals surface area contributed by atoms with Crippen LogP contribution in [0.5, 0.6) is 0 Å². The first-order chi connectivity index (χ1) is 20.7. The van der Waals surface area contributed by atoms with Crippen molar-refractivity contribution < 1.29 is 45.0 Å². The normalized spacial score (nSPS) is 14.1. The van der Waals surface area contributed by atoms with Gasteiger partial charge in [-0.2, -0.15) is 13.2 Å². The van der Waals surface area contributed by atoms with E-state index >= 15 is 0 Å². The summed E-state index contributed by atoms with van der Waals surface area (Å²) in [7, 11) is -4.61. The number of carbonyl (C=O) groups is 1. The summed E-state index contributed by atoms with van der Waals surface area (Å²) >= 11 is 8.20. The van der Waals surface area contributed by atoms with Crippen LogP contribution in [0.1, 0.15) is 29.6 Å². The van der Waals surface area contributed by atoms with Crippen LogP contribution in [-0.2, 0) is 19.6 Å². The minimum Gasteiger partial charge on any atom is -0.475 e. The number of alkyl halides is 3. The van der Waals surface area contributed by atoms with Gasteiger partial charge in [-0.1, -0.05) is 29.8 Å². The molecule has 1 saturated heterocycles. The standard InChI is InChI=1S/C25H21ClF2N4O3S2.C2HF3O2/c1-14-29-11-8-20(30-14)23-22(31-25(36-23)15-9-12-35-13-10-15)16-4-2-7-19(21(16)26)32-37(33,34)24-17(27)5-3-6-18(24)28;3-2(4,5)1(6)7/h2-8,11,15,32H,9-10,12-13H2,1H3;(H,6,7). The molecule has 0 saturated carbocycles. The lowest BCUT2D eigenvalue weighted by Crippen LogP contribution is -2.21. The third-order valence-electron chi connectivity index (χ3n) is 6.15. The molecule has 0 spiro atoms. The van der Waals surface area contributed by atoms with E-state index in [1.54, 1.807) is 31.3 Å². The second-order valence-electron chi connectivity index (χ2n) is 9.23. The number of nitrogens with one attached hydrogen (secondary N) is 1. The average molecular weight is 677 g/mol. The number of carboxylic acid groups (broad SMARTS) is 1. The Kier molecular flexibility index (Phi) is 10.2. The van der Waals surface area contributed by atoms with Crippen molar-refractivity contribution in [1.29, 1.82) is 0 Å². The fraction of sp³-hybridized carbons (Fsp3) is 0.259. The molecule has 234 valence electrons. The highest BCUT2D eigenvalue weighted by Crippen LogP contribution is 2.44. The molecule has 2 aromatic heterocycles. The first-order valence-corrected chi connectivity index (χ1v) is 15.3. The predicted octanol–water partition coefficient (Wildman–Crippen LogP) is 6.84. The number of aliphatic carboxylic acids is 1. The Hall–Kier alpha value is -3.73. The van der Waals surface area contributed by atoms with Crippen LogP contribution >= 0.6 is 22.9 Å². The largest absolute Gasteiger partial charge is 0.490 e. The van der Waals surface area contributed by atoms with Gasteiger partial charge in [-0.05, 0) is 44.0 Å². The van der Waals surface area contributed by atoms with Crippen LogP contribution in [0.15, 0.2) is 53.6 Å². The number of nitrogens with zero attached hydrogens (tertiary/aromatic N) is 3. The molecule has 0 atom stereocenters. The van der Waals surface area contributed by atoms with Crippen LogP contribution < -0.4 is 4.72 Å². The molecule has 1 aliphatic heterocycles. The van der Waals surface area contributed by atoms with Gasteiger partial charge in [-0.25, -0.2) is 36.9 Å². The average Bonchev–Trinajstić information content (AvgIpc) is 3.40. The van der Waals surface area contributed by atoms with Crippen LogP contribution in [0.2, 0.25) is 5.02 Å². The number of hydrogen-bond donors (Lipinski definition) is 2. The molecule has 0 unspecified atom stereocenters. The number of anilines is 1. The SMILES string of the molecule is Cc1nccc(-c2sc(C3CCOCC3)nc2-c2cccc(NS(=O)(=O)c3c(F)cccc3F)c2Cl)n1.O=C(O)C(F)(F)F. The number of aryl methyl sites for hydroxylation is 1. The lowest BCUT2D eigenvalue weighted by Gasteiger charge is -2.19. The van der Waals surface area contributed by atoms with Gasteiger partial charge in [-0.3, -0.25) is 4.72 Å². The summed E-state index contributed by atoms with van der Waals surface area (Å²) in [5.74, 6) is -4.38. The van der Waals surface area contributed by atoms with E-state index in [4.69, 9.17) is 31.2 Å². The molecule has 0 bridgehead atoms. The first-order valence-electron chi connectivity index (χ1n) is 12.6. The molecule has 0 amide bonds. The Morgan fingerprint density at radius 2 is 1.68 bits per heavy atom. The van der Waals surface area contributed by atoms with E-state index in [1.807, 2.05) is 0 Å². The lowest BCUT2D eigenvalue weighted by atomic mass is 10.0. The van der Waals surface area contributed by atoms with Crippen LogP contribution in [-0.4, -0.2) is 53.8 Å². The molecule has 44 heavy (non-hydrogen) atoms. The summed E-state index contributed by atoms with van der Waals surface area (Å²) in [6.07, 6.45) is -1.77. The summed E-state index contributed by atoms with van der Waals surface area (Å²) in [5.41, 5.74) is 1.62. The Labute approximate surface area is 256 Å². The van der Waals surface area contributed by atoms with Gasteiger partial charge in [-0.15, -0.1) is 11.3 Å². The Morgan fingerprint density at radius 1 is 1.07 bits per heavy atom. The van der Waals surface area contributed by atoms with Gasteiger partial charge in [0, 0.05) is 30.9 Å². The Balaban J connectivity index is 0.000000566. The lowest BCUT2D eigenvalue weighted by molar-refractivity contribution is -0.192. The van der Waals surface area contributed by atoms with E-state index in [1.165, 1.54) is 17.4 Å². The van der Waals surface area contributed by atoms with E-state index < -0.39 is 38.7 Å². The topological polar surface area (TPSA) is 131 Å². The van der Waals surface area contributed by atoms with Crippen molar-refractivity contribution >= 4 is 44.6 Å². The number of carboxylic acids is 1. The summed E-state index contributed by atoms with van der Waals surface area (Å²) < 4.78 is 93.7. The zero-order valence-electron chi connectivity index (χ0n) is 22.5. The highest BCUT2D eigenvalue weighted by molar-refractivity contribution is 7.92. The number of aromatic nitrogens is 3. The van der Waals surface area contributed by atoms with Crippen molar-refractivity contribution in [3.8, 4) is 21.8 Å². The van der Waals surface area contributed by atoms with Gasteiger partial charge in [0.2, 0.25) is 0 Å². The van der Waals surface area contributed by atoms with E-state index in [0.29, 0.717) is 36.0 Å². The van der Waals surface area contributed by atoms with Crippen LogP contribution in [0, 0.1) is 18.6 Å². The maximum atomic E-state index is 14.2. The molecule has 2 aromatic carbocycles. The quantitative estimate of drug-likeness (QED) is 0.212. The van der Waals surface area contributed by atoms with E-state index in [9.17, 15) is 30.4 Å². The van der Waals surface area contributed by atoms with Gasteiger partial charge in [0.05, 0.1) is 32.0 Å². The van der Waals surface area contributed by atoms with Gasteiger partial charge >= 0.3 is 12.1 Å². The first kappa shape index (κ1) is 33.2. The number of thiazole rings is 1. The molecule has 9 nitrogen and oxygen atoms in total. The summed E-state index contributed by atoms with van der Waals surface area (Å²) in [6.45, 7) is 3.08. The Morgan fingerprint density at radius 3 is 2.27 bits per heavy atom. The van der Waals surface area contributed by atoms with Crippen molar-refractivity contribution in [1.82, 2.24) is 15.0 Å². The number of ether oxygens (including phenoxy) is 1. The monoisotopic (exact) mass is 676 g/mol. The molecule has 1 aliphatic rings. The minimum absolute atomic E-state index is 0.0349. The number of rotatable bonds is 6. The summed E-state index contributed by atoms with van der Waals surface area (Å²) in [4.78, 5) is 22.2. The molecular formula is C27H22ClF5N4O5S2. The number of hydrogen-bond acceptors (Lipinski definition) is 8. The number of sulfonamides is 1. The molecular weight excluding hydrogens is 655 g/mol. The van der Waals surface area contributed by atoms with E-state index in [0.717, 1.165) is 40.9 Å². The van der Waals surface area contributed by atoms with Crippen LogP contribution in [0.25, 0.3) is 21.8 Å². The fourth-order valence-electron chi connectivity index (χ4n) is 4.12. The molecule has 0 aliphatic carbocycles. The molecule has 3 heterocycles. The highest BCUT2D eigenvalue weighted by Gasteiger charge is 2.38. The maximum absolute atomic E-state index is 14.2. The van der Waals surface area contributed by atoms with Crippen molar-refractivity contribution in [3.63, 3.8) is 0 Å². The molecule has 1 fully saturated rings.